The Morgan fingerprint density at radius 2 is 1.83 bits per heavy atom. The van der Waals surface area contributed by atoms with E-state index in [0.717, 1.165) is 18.4 Å². The molecule has 0 heterocycles. The number of nitrogens with one attached hydrogen (secondary N) is 1. The molecule has 12 heavy (non-hydrogen) atoms. The normalized spacial score (nSPS) is 13.8. The molecule has 74 valence electrons. The first kappa shape index (κ1) is 12.0. The molecule has 0 radical (unpaired) electrons. The van der Waals surface area contributed by atoms with E-state index >= 15 is 0 Å². The lowest BCUT2D eigenvalue weighted by atomic mass is 9.90. The summed E-state index contributed by atoms with van der Waals surface area (Å²) in [4.78, 5) is 0. The summed E-state index contributed by atoms with van der Waals surface area (Å²) in [5, 5.41) is 3.44. The van der Waals surface area contributed by atoms with E-state index in [1.54, 1.807) is 0 Å². The quantitative estimate of drug-likeness (QED) is 0.621. The zero-order valence-corrected chi connectivity index (χ0v) is 9.19. The van der Waals surface area contributed by atoms with Crippen LogP contribution in [-0.4, -0.2) is 13.1 Å². The minimum Gasteiger partial charge on any atom is -0.317 e. The van der Waals surface area contributed by atoms with E-state index in [1.165, 1.54) is 25.8 Å². The Morgan fingerprint density at radius 1 is 1.17 bits per heavy atom. The number of unbranched alkanes of at least 4 members (excludes halogenated alkanes) is 1. The van der Waals surface area contributed by atoms with Crippen LogP contribution in [0.15, 0.2) is 0 Å². The van der Waals surface area contributed by atoms with Crippen LogP contribution in [0.1, 0.15) is 47.0 Å². The highest BCUT2D eigenvalue weighted by molar-refractivity contribution is 4.65. The fourth-order valence-electron chi connectivity index (χ4n) is 1.47. The molecule has 0 amide bonds. The van der Waals surface area contributed by atoms with E-state index in [-0.39, 0.29) is 0 Å². The lowest BCUT2D eigenvalue weighted by molar-refractivity contribution is 0.335. The van der Waals surface area contributed by atoms with Crippen LogP contribution in [0.4, 0.5) is 0 Å². The second-order valence-electron chi connectivity index (χ2n) is 3.95. The monoisotopic (exact) mass is 171 g/mol. The van der Waals surface area contributed by atoms with Crippen molar-refractivity contribution >= 4 is 0 Å². The molecule has 1 atom stereocenters. The molecule has 0 aliphatic rings. The summed E-state index contributed by atoms with van der Waals surface area (Å²) < 4.78 is 0. The molecule has 0 saturated heterocycles. The third-order valence-corrected chi connectivity index (χ3v) is 2.53. The van der Waals surface area contributed by atoms with Crippen molar-refractivity contribution in [3.63, 3.8) is 0 Å². The molecule has 0 fully saturated rings. The van der Waals surface area contributed by atoms with E-state index in [0.29, 0.717) is 0 Å². The van der Waals surface area contributed by atoms with Crippen molar-refractivity contribution in [2.24, 2.45) is 11.8 Å². The molecule has 0 spiro atoms. The Morgan fingerprint density at radius 3 is 2.25 bits per heavy atom. The highest BCUT2D eigenvalue weighted by Crippen LogP contribution is 2.16. The van der Waals surface area contributed by atoms with Crippen molar-refractivity contribution in [3.8, 4) is 0 Å². The Bertz CT molecular complexity index is 81.0. The van der Waals surface area contributed by atoms with Gasteiger partial charge in [0.25, 0.3) is 0 Å². The van der Waals surface area contributed by atoms with Crippen molar-refractivity contribution in [1.29, 1.82) is 0 Å². The van der Waals surface area contributed by atoms with Gasteiger partial charge in [-0.05, 0) is 31.3 Å². The summed E-state index contributed by atoms with van der Waals surface area (Å²) in [7, 11) is 0. The van der Waals surface area contributed by atoms with Crippen molar-refractivity contribution in [2.45, 2.75) is 47.0 Å². The predicted molar refractivity (Wildman–Crippen MR) is 56.4 cm³/mol. The second kappa shape index (κ2) is 7.60. The fourth-order valence-corrected chi connectivity index (χ4v) is 1.47. The smallest absolute Gasteiger partial charge is 0.00182 e. The van der Waals surface area contributed by atoms with Crippen LogP contribution in [-0.2, 0) is 0 Å². The zero-order valence-electron chi connectivity index (χ0n) is 9.19. The maximum absolute atomic E-state index is 3.44. The van der Waals surface area contributed by atoms with Crippen molar-refractivity contribution in [2.75, 3.05) is 13.1 Å². The van der Waals surface area contributed by atoms with Gasteiger partial charge in [-0.1, -0.05) is 40.5 Å². The number of hydrogen-bond acceptors (Lipinski definition) is 1. The molecule has 0 aromatic heterocycles. The minimum absolute atomic E-state index is 0.829. The predicted octanol–water partition coefficient (Wildman–Crippen LogP) is 3.06. The minimum atomic E-state index is 0.829. The van der Waals surface area contributed by atoms with Gasteiger partial charge in [-0.25, -0.2) is 0 Å². The average molecular weight is 171 g/mol. The van der Waals surface area contributed by atoms with Crippen LogP contribution >= 0.6 is 0 Å². The van der Waals surface area contributed by atoms with E-state index in [2.05, 4.69) is 33.0 Å². The molecular weight excluding hydrogens is 146 g/mol. The Hall–Kier alpha value is -0.0400. The Labute approximate surface area is 77.9 Å². The lowest BCUT2D eigenvalue weighted by Gasteiger charge is -2.20. The second-order valence-corrected chi connectivity index (χ2v) is 3.95. The lowest BCUT2D eigenvalue weighted by Crippen LogP contribution is -2.25. The third kappa shape index (κ3) is 5.59. The third-order valence-electron chi connectivity index (χ3n) is 2.53. The van der Waals surface area contributed by atoms with Gasteiger partial charge < -0.3 is 5.32 Å². The van der Waals surface area contributed by atoms with Gasteiger partial charge in [0.1, 0.15) is 0 Å². The maximum Gasteiger partial charge on any atom is -0.00182 e. The molecule has 1 nitrogen and oxygen atoms in total. The van der Waals surface area contributed by atoms with Gasteiger partial charge in [-0.15, -0.1) is 0 Å². The molecule has 0 aromatic rings. The molecule has 0 aliphatic carbocycles. The standard InChI is InChI=1S/C11H25N/c1-5-7-8-11(10(3)4)9-12-6-2/h10-12H,5-9H2,1-4H3. The maximum atomic E-state index is 3.44. The van der Waals surface area contributed by atoms with Gasteiger partial charge in [0, 0.05) is 0 Å². The Balaban J connectivity index is 3.55. The number of rotatable bonds is 7. The molecule has 0 saturated carbocycles. The molecule has 1 unspecified atom stereocenters. The first-order chi connectivity index (χ1) is 5.72. The van der Waals surface area contributed by atoms with Gasteiger partial charge in [-0.3, -0.25) is 0 Å². The summed E-state index contributed by atoms with van der Waals surface area (Å²) >= 11 is 0. The molecule has 1 heteroatoms. The fraction of sp³-hybridized carbons (Fsp3) is 1.00. The summed E-state index contributed by atoms with van der Waals surface area (Å²) in [6.07, 6.45) is 4.10. The van der Waals surface area contributed by atoms with Crippen LogP contribution in [0.3, 0.4) is 0 Å². The van der Waals surface area contributed by atoms with E-state index < -0.39 is 0 Å². The summed E-state index contributed by atoms with van der Waals surface area (Å²) in [5.74, 6) is 1.71. The van der Waals surface area contributed by atoms with Crippen LogP contribution < -0.4 is 5.32 Å². The van der Waals surface area contributed by atoms with E-state index in [4.69, 9.17) is 0 Å². The highest BCUT2D eigenvalue weighted by atomic mass is 14.8. The van der Waals surface area contributed by atoms with Crippen LogP contribution in [0.25, 0.3) is 0 Å². The first-order valence-electron chi connectivity index (χ1n) is 5.43. The number of hydrogen-bond donors (Lipinski definition) is 1. The molecule has 0 bridgehead atoms. The average Bonchev–Trinajstić information content (AvgIpc) is 2.04. The van der Waals surface area contributed by atoms with Gasteiger partial charge >= 0.3 is 0 Å². The SMILES string of the molecule is CCCCC(CNCC)C(C)C. The molecule has 0 aliphatic heterocycles. The molecule has 0 rings (SSSR count). The summed E-state index contributed by atoms with van der Waals surface area (Å²) in [5.41, 5.74) is 0. The molecular formula is C11H25N. The first-order valence-corrected chi connectivity index (χ1v) is 5.43. The van der Waals surface area contributed by atoms with Gasteiger partial charge in [0.2, 0.25) is 0 Å². The van der Waals surface area contributed by atoms with Crippen LogP contribution in [0.5, 0.6) is 0 Å². The molecule has 1 N–H and O–H groups in total. The van der Waals surface area contributed by atoms with Gasteiger partial charge in [-0.2, -0.15) is 0 Å². The van der Waals surface area contributed by atoms with E-state index in [9.17, 15) is 0 Å². The van der Waals surface area contributed by atoms with Gasteiger partial charge in [0.05, 0.1) is 0 Å². The summed E-state index contributed by atoms with van der Waals surface area (Å²) in [6, 6.07) is 0. The van der Waals surface area contributed by atoms with Crippen molar-refractivity contribution in [3.05, 3.63) is 0 Å². The van der Waals surface area contributed by atoms with E-state index in [1.807, 2.05) is 0 Å². The van der Waals surface area contributed by atoms with Gasteiger partial charge in [0.15, 0.2) is 0 Å². The molecule has 0 aromatic carbocycles. The highest BCUT2D eigenvalue weighted by Gasteiger charge is 2.11. The largest absolute Gasteiger partial charge is 0.317 e. The topological polar surface area (TPSA) is 12.0 Å². The van der Waals surface area contributed by atoms with Crippen LogP contribution in [0, 0.1) is 11.8 Å². The van der Waals surface area contributed by atoms with Crippen molar-refractivity contribution in [1.82, 2.24) is 5.32 Å². The summed E-state index contributed by atoms with van der Waals surface area (Å²) in [6.45, 7) is 11.4. The zero-order chi connectivity index (χ0) is 9.40. The Kier molecular flexibility index (Phi) is 7.58. The van der Waals surface area contributed by atoms with Crippen molar-refractivity contribution < 1.29 is 0 Å². The van der Waals surface area contributed by atoms with Crippen LogP contribution in [0.2, 0.25) is 0 Å².